The molecule has 4 atom stereocenters. The highest BCUT2D eigenvalue weighted by atomic mass is 32.1. The van der Waals surface area contributed by atoms with Crippen molar-refractivity contribution in [2.45, 2.75) is 104 Å². The van der Waals surface area contributed by atoms with E-state index in [4.69, 9.17) is 24.2 Å². The van der Waals surface area contributed by atoms with Gasteiger partial charge in [-0.15, -0.1) is 11.3 Å². The van der Waals surface area contributed by atoms with Gasteiger partial charge in [-0.1, -0.05) is 27.7 Å². The van der Waals surface area contributed by atoms with Crippen LogP contribution < -0.4 is 15.6 Å². The van der Waals surface area contributed by atoms with Gasteiger partial charge in [-0.2, -0.15) is 0 Å². The number of aryl methyl sites for hydroxylation is 1. The highest BCUT2D eigenvalue weighted by molar-refractivity contribution is 7.10. The van der Waals surface area contributed by atoms with E-state index in [2.05, 4.69) is 26.3 Å². The van der Waals surface area contributed by atoms with Gasteiger partial charge in [0.2, 0.25) is 5.91 Å². The Hall–Kier alpha value is -5.31. The number of halogens is 3. The molecular weight excluding hydrogens is 904 g/mol. The number of carbonyl (C=O) groups excluding carboxylic acids is 4. The Kier molecular flexibility index (Phi) is 14.2. The van der Waals surface area contributed by atoms with Crippen LogP contribution in [0.4, 0.5) is 23.7 Å². The molecule has 2 N–H and O–H groups in total. The number of anilines is 1. The van der Waals surface area contributed by atoms with Crippen molar-refractivity contribution in [3.8, 4) is 22.5 Å². The zero-order valence-electron chi connectivity index (χ0n) is 40.0. The smallest absolute Gasteiger partial charge is 0.324 e. The minimum atomic E-state index is -3.00. The number of hydrogen-bond donors (Lipinski definition) is 2. The Bertz CT molecular complexity index is 2550. The third kappa shape index (κ3) is 9.91. The van der Waals surface area contributed by atoms with Gasteiger partial charge in [0.1, 0.15) is 23.9 Å². The predicted octanol–water partition coefficient (Wildman–Crippen LogP) is 6.21. The average Bonchev–Trinajstić information content (AvgIpc) is 3.89. The van der Waals surface area contributed by atoms with E-state index in [1.54, 1.807) is 26.3 Å². The van der Waals surface area contributed by atoms with Crippen LogP contribution in [0, 0.1) is 17.2 Å². The van der Waals surface area contributed by atoms with Gasteiger partial charge in [0.15, 0.2) is 0 Å². The molecule has 8 rings (SSSR count). The molecule has 0 spiro atoms. The molecular formula is C48H62F3N9O7S. The number of likely N-dealkylation sites (tertiary alicyclic amines) is 1. The molecule has 368 valence electrons. The number of nitrogens with zero attached hydrogens (tertiary/aromatic N) is 7. The number of hydrogen-bond acceptors (Lipinski definition) is 12. The van der Waals surface area contributed by atoms with Gasteiger partial charge in [-0.25, -0.2) is 28.4 Å². The summed E-state index contributed by atoms with van der Waals surface area (Å²) in [6.45, 7) is 13.2. The number of carbonyl (C=O) groups is 4. The molecule has 68 heavy (non-hydrogen) atoms. The Labute approximate surface area is 398 Å². The van der Waals surface area contributed by atoms with Crippen molar-refractivity contribution in [2.24, 2.45) is 11.3 Å². The lowest BCUT2D eigenvalue weighted by molar-refractivity contribution is -0.155. The molecule has 6 bridgehead atoms. The Morgan fingerprint density at radius 1 is 1.09 bits per heavy atom. The van der Waals surface area contributed by atoms with Crippen LogP contribution in [0.15, 0.2) is 29.8 Å². The number of amides is 4. The molecule has 0 saturated carbocycles. The summed E-state index contributed by atoms with van der Waals surface area (Å²) in [4.78, 5) is 70.2. The molecule has 3 fully saturated rings. The lowest BCUT2D eigenvalue weighted by Crippen LogP contribution is -2.65. The second-order valence-electron chi connectivity index (χ2n) is 19.5. The standard InChI is InChI=1S/C48H62F3N9O7S/c1-9-59-38-19-34(49)31-18-30(38)33(42(59)32-17-29(57-13-15-66-16-14-57)22-52-40(32)28(4)65-8)21-47(5,6)26-67-45(63)35-11-10-12-60(55-35)44(62)36(20-39-53-37(31)23-68-39)54-43(61)41(27(2)3)56(7)46(64)58-24-48(50,51)25-58/h17-19,22-23,27-28,35-36,41,55H,9-16,20-21,24-26H2,1-8H3,(H,54,61)/t28-,35-,36-,41-/m0/s1. The number of ether oxygens (including phenoxy) is 3. The van der Waals surface area contributed by atoms with Gasteiger partial charge in [0.05, 0.1) is 78.5 Å². The number of cyclic esters (lactones) is 1. The first-order chi connectivity index (χ1) is 32.3. The highest BCUT2D eigenvalue weighted by Crippen LogP contribution is 2.44. The molecule has 0 aliphatic carbocycles. The van der Waals surface area contributed by atoms with E-state index in [0.29, 0.717) is 68.3 Å². The molecule has 4 aliphatic rings. The van der Waals surface area contributed by atoms with Crippen molar-refractivity contribution >= 4 is 51.7 Å². The summed E-state index contributed by atoms with van der Waals surface area (Å²) in [7, 11) is 3.01. The minimum Gasteiger partial charge on any atom is -0.464 e. The van der Waals surface area contributed by atoms with E-state index < -0.39 is 84.2 Å². The maximum atomic E-state index is 16.8. The van der Waals surface area contributed by atoms with Crippen molar-refractivity contribution in [3.63, 3.8) is 0 Å². The van der Waals surface area contributed by atoms with Crippen LogP contribution in [0.2, 0.25) is 0 Å². The first-order valence-electron chi connectivity index (χ1n) is 23.4. The van der Waals surface area contributed by atoms with Crippen molar-refractivity contribution in [3.05, 3.63) is 51.9 Å². The molecule has 4 aliphatic heterocycles. The molecule has 0 unspecified atom stereocenters. The summed E-state index contributed by atoms with van der Waals surface area (Å²) >= 11 is 1.20. The van der Waals surface area contributed by atoms with Gasteiger partial charge in [-0.3, -0.25) is 24.4 Å². The lowest BCUT2D eigenvalue weighted by Gasteiger charge is -2.42. The third-order valence-electron chi connectivity index (χ3n) is 13.4. The number of pyridine rings is 1. The van der Waals surface area contributed by atoms with Gasteiger partial charge < -0.3 is 38.8 Å². The van der Waals surface area contributed by atoms with Crippen LogP contribution >= 0.6 is 11.3 Å². The molecule has 1 aromatic carbocycles. The lowest BCUT2D eigenvalue weighted by atomic mass is 9.84. The topological polar surface area (TPSA) is 164 Å². The average molecular weight is 966 g/mol. The zero-order chi connectivity index (χ0) is 48.8. The first kappa shape index (κ1) is 49.1. The van der Waals surface area contributed by atoms with E-state index in [1.165, 1.54) is 29.5 Å². The summed E-state index contributed by atoms with van der Waals surface area (Å²) < 4.78 is 64.1. The Morgan fingerprint density at radius 2 is 1.82 bits per heavy atom. The van der Waals surface area contributed by atoms with Crippen LogP contribution in [-0.2, 0) is 48.0 Å². The first-order valence-corrected chi connectivity index (χ1v) is 24.3. The monoisotopic (exact) mass is 965 g/mol. The largest absolute Gasteiger partial charge is 0.464 e. The molecule has 16 nitrogen and oxygen atoms in total. The second-order valence-corrected chi connectivity index (χ2v) is 20.4. The molecule has 0 radical (unpaired) electrons. The maximum absolute atomic E-state index is 16.8. The SMILES string of the molecule is CCn1c(-c2cc(N3CCOCC3)cnc2[C@H](C)OC)c2c3cc(c(F)cc31)-c1csc(n1)C[C@H](NC(=O)[C@H](C(C)C)N(C)C(=O)N1CC(F)(F)C1)C(=O)N1CCC[C@H](N1)C(=O)OCC(C)(C)C2. The normalized spacial score (nSPS) is 21.8. The van der Waals surface area contributed by atoms with Crippen LogP contribution in [0.1, 0.15) is 76.8 Å². The number of fused-ring (bicyclic) bond motifs is 6. The van der Waals surface area contributed by atoms with Crippen molar-refractivity contribution < 1.29 is 46.6 Å². The quantitative estimate of drug-likeness (QED) is 0.184. The number of hydrazine groups is 1. The number of methoxy groups -OCH3 is 1. The second kappa shape index (κ2) is 19.6. The Balaban J connectivity index is 1.23. The fourth-order valence-electron chi connectivity index (χ4n) is 9.81. The summed E-state index contributed by atoms with van der Waals surface area (Å²) in [6.07, 6.45) is 2.62. The number of aromatic nitrogens is 3. The van der Waals surface area contributed by atoms with E-state index in [9.17, 15) is 28.0 Å². The summed E-state index contributed by atoms with van der Waals surface area (Å²) in [5.74, 6) is -5.77. The van der Waals surface area contributed by atoms with E-state index in [-0.39, 0.29) is 25.1 Å². The summed E-state index contributed by atoms with van der Waals surface area (Å²) in [5, 5.41) is 7.07. The number of morpholine rings is 1. The zero-order valence-corrected chi connectivity index (χ0v) is 40.8. The molecule has 4 aromatic rings. The van der Waals surface area contributed by atoms with E-state index >= 15 is 4.39 Å². The molecule has 3 aromatic heterocycles. The fraction of sp³-hybridized carbons (Fsp3) is 0.583. The number of rotatable bonds is 9. The number of likely N-dealkylation sites (N-methyl/N-ethyl adjacent to an activating group) is 1. The van der Waals surface area contributed by atoms with Gasteiger partial charge in [0, 0.05) is 74.1 Å². The number of benzene rings is 1. The molecule has 3 saturated heterocycles. The molecule has 20 heteroatoms. The van der Waals surface area contributed by atoms with Crippen molar-refractivity contribution in [2.75, 3.05) is 71.6 Å². The van der Waals surface area contributed by atoms with Crippen molar-refractivity contribution in [1.82, 2.24) is 40.1 Å². The van der Waals surface area contributed by atoms with Crippen LogP contribution in [0.3, 0.4) is 0 Å². The van der Waals surface area contributed by atoms with Crippen LogP contribution in [0.5, 0.6) is 0 Å². The van der Waals surface area contributed by atoms with Crippen LogP contribution in [0.25, 0.3) is 33.4 Å². The summed E-state index contributed by atoms with van der Waals surface area (Å²) in [5.41, 5.74) is 7.88. The Morgan fingerprint density at radius 3 is 2.50 bits per heavy atom. The third-order valence-corrected chi connectivity index (χ3v) is 14.3. The van der Waals surface area contributed by atoms with Crippen LogP contribution in [-0.4, -0.2) is 144 Å². The number of esters is 1. The van der Waals surface area contributed by atoms with E-state index in [0.717, 1.165) is 43.4 Å². The highest BCUT2D eigenvalue weighted by Gasteiger charge is 2.48. The van der Waals surface area contributed by atoms with E-state index in [1.807, 2.05) is 40.0 Å². The number of nitrogens with one attached hydrogen (secondary N) is 2. The van der Waals surface area contributed by atoms with Gasteiger partial charge in [-0.05, 0) is 62.8 Å². The van der Waals surface area contributed by atoms with Gasteiger partial charge >= 0.3 is 12.0 Å². The molecule has 7 heterocycles. The van der Waals surface area contributed by atoms with Crippen molar-refractivity contribution in [1.29, 1.82) is 0 Å². The van der Waals surface area contributed by atoms with Gasteiger partial charge in [0.25, 0.3) is 11.8 Å². The number of thiazole rings is 1. The maximum Gasteiger partial charge on any atom is 0.324 e. The number of urea groups is 1. The minimum absolute atomic E-state index is 0.0175. The fourth-order valence-corrected chi connectivity index (χ4v) is 10.7. The summed E-state index contributed by atoms with van der Waals surface area (Å²) in [6, 6.07) is 1.48. The number of alkyl halides is 2. The predicted molar refractivity (Wildman–Crippen MR) is 251 cm³/mol. The molecule has 4 amide bonds.